The fourth-order valence-electron chi connectivity index (χ4n) is 4.78. The van der Waals surface area contributed by atoms with Crippen molar-refractivity contribution in [1.82, 2.24) is 4.90 Å². The molecule has 1 unspecified atom stereocenters. The minimum absolute atomic E-state index is 0.00370. The van der Waals surface area contributed by atoms with Crippen LogP contribution in [0.2, 0.25) is 0 Å². The van der Waals surface area contributed by atoms with Crippen LogP contribution in [0.1, 0.15) is 49.4 Å². The second kappa shape index (κ2) is 12.7. The van der Waals surface area contributed by atoms with E-state index in [1.807, 2.05) is 61.3 Å². The first-order valence-corrected chi connectivity index (χ1v) is 15.4. The lowest BCUT2D eigenvalue weighted by Crippen LogP contribution is -2.48. The van der Waals surface area contributed by atoms with E-state index in [4.69, 9.17) is 9.47 Å². The van der Waals surface area contributed by atoms with E-state index in [2.05, 4.69) is 0 Å². The summed E-state index contributed by atoms with van der Waals surface area (Å²) in [4.78, 5) is 30.5. The van der Waals surface area contributed by atoms with Gasteiger partial charge in [0.25, 0.3) is 0 Å². The molecule has 41 heavy (non-hydrogen) atoms. The highest BCUT2D eigenvalue weighted by Gasteiger charge is 2.35. The molecule has 0 saturated carbocycles. The van der Waals surface area contributed by atoms with E-state index >= 15 is 0 Å². The monoisotopic (exact) mass is 696 g/mol. The van der Waals surface area contributed by atoms with Gasteiger partial charge in [0, 0.05) is 45.3 Å². The molecule has 1 amide bonds. The maximum atomic E-state index is 14.4. The summed E-state index contributed by atoms with van der Waals surface area (Å²) in [5.41, 5.74) is 2.37. The number of thiophene rings is 1. The van der Waals surface area contributed by atoms with Crippen molar-refractivity contribution in [2.75, 3.05) is 25.0 Å². The molecule has 10 heteroatoms. The minimum atomic E-state index is -3.00. The van der Waals surface area contributed by atoms with E-state index in [0.29, 0.717) is 35.7 Å². The molecular formula is C31H35F2IN2O4S. The summed E-state index contributed by atoms with van der Waals surface area (Å²) in [7, 11) is 1.83. The molecule has 4 rings (SSSR count). The number of halogens is 3. The fourth-order valence-corrected chi connectivity index (χ4v) is 6.36. The van der Waals surface area contributed by atoms with Crippen molar-refractivity contribution in [3.8, 4) is 16.9 Å². The Labute approximate surface area is 257 Å². The summed E-state index contributed by atoms with van der Waals surface area (Å²) in [5.74, 6) is 0.0465. The van der Waals surface area contributed by atoms with Gasteiger partial charge in [-0.3, -0.25) is 14.5 Å². The number of amides is 1. The summed E-state index contributed by atoms with van der Waals surface area (Å²) in [5, 5.41) is 0. The number of benzene rings is 2. The number of carbonyl (C=O) groups excluding carboxylic acids is 2. The summed E-state index contributed by atoms with van der Waals surface area (Å²) in [6.07, 6.45) is 0.618. The van der Waals surface area contributed by atoms with Gasteiger partial charge in [0.05, 0.1) is 17.3 Å². The molecule has 0 bridgehead atoms. The highest BCUT2D eigenvalue weighted by atomic mass is 127. The quantitative estimate of drug-likeness (QED) is 0.126. The number of hydrogen-bond acceptors (Lipinski definition) is 6. The van der Waals surface area contributed by atoms with Gasteiger partial charge in [0.15, 0.2) is 0 Å². The Bertz CT molecular complexity index is 1380. The second-order valence-corrected chi connectivity index (χ2v) is 13.5. The van der Waals surface area contributed by atoms with Crippen LogP contribution in [0.3, 0.4) is 0 Å². The number of nitrogens with zero attached hydrogens (tertiary/aromatic N) is 2. The molecule has 6 nitrogen and oxygen atoms in total. The van der Waals surface area contributed by atoms with Crippen molar-refractivity contribution >= 4 is 51.5 Å². The third-order valence-electron chi connectivity index (χ3n) is 6.81. The van der Waals surface area contributed by atoms with Crippen molar-refractivity contribution in [2.45, 2.75) is 62.7 Å². The smallest absolute Gasteiger partial charge is 0.331 e. The summed E-state index contributed by atoms with van der Waals surface area (Å²) in [6.45, 7) is 8.61. The number of esters is 1. The lowest BCUT2D eigenvalue weighted by Gasteiger charge is -2.30. The van der Waals surface area contributed by atoms with Crippen molar-refractivity contribution < 1.29 is 27.8 Å². The number of carbonyl (C=O) groups is 2. The predicted molar refractivity (Wildman–Crippen MR) is 167 cm³/mol. The van der Waals surface area contributed by atoms with Gasteiger partial charge in [-0.15, -0.1) is 11.3 Å². The average molecular weight is 697 g/mol. The average Bonchev–Trinajstić information content (AvgIpc) is 3.54. The van der Waals surface area contributed by atoms with Crippen LogP contribution in [0.4, 0.5) is 14.5 Å². The molecule has 2 heterocycles. The highest BCUT2D eigenvalue weighted by molar-refractivity contribution is 14.1. The molecule has 1 atom stereocenters. The number of hydrogen-bond donors (Lipinski definition) is 0. The third kappa shape index (κ3) is 7.84. The SMILES string of the molecule is CCN(C)C(CC(=O)OC(C)(C)C)C(=O)N1CCc2cc(OCc3cc(-c4ccccc4)c(C(F)(F)I)s3)ccc21. The first kappa shape index (κ1) is 31.4. The van der Waals surface area contributed by atoms with Gasteiger partial charge >= 0.3 is 9.90 Å². The zero-order valence-electron chi connectivity index (χ0n) is 23.9. The lowest BCUT2D eigenvalue weighted by molar-refractivity contribution is -0.157. The molecule has 220 valence electrons. The molecule has 2 aromatic carbocycles. The topological polar surface area (TPSA) is 59.1 Å². The van der Waals surface area contributed by atoms with Gasteiger partial charge in [0.2, 0.25) is 5.91 Å². The van der Waals surface area contributed by atoms with Crippen molar-refractivity contribution in [3.05, 3.63) is 69.9 Å². The molecule has 0 spiro atoms. The van der Waals surface area contributed by atoms with Crippen molar-refractivity contribution in [3.63, 3.8) is 0 Å². The normalized spacial score (nSPS) is 14.2. The Morgan fingerprint density at radius 2 is 1.83 bits per heavy atom. The number of anilines is 1. The van der Waals surface area contributed by atoms with E-state index in [-0.39, 0.29) is 23.8 Å². The van der Waals surface area contributed by atoms with Crippen LogP contribution in [-0.2, 0) is 31.3 Å². The van der Waals surface area contributed by atoms with E-state index in [9.17, 15) is 18.4 Å². The van der Waals surface area contributed by atoms with Gasteiger partial charge in [-0.2, -0.15) is 8.78 Å². The standard InChI is InChI=1S/C31H35F2IN2O4S/c1-6-35(5)26(18-27(37)40-30(2,3)4)29(38)36-15-14-21-16-22(12-13-25(21)36)39-19-23-17-24(20-10-8-7-9-11-20)28(41-23)31(32,33)34/h7-13,16-17,26H,6,14-15,18-19H2,1-5H3. The van der Waals surface area contributed by atoms with Crippen LogP contribution >= 0.6 is 33.9 Å². The Hall–Kier alpha value is -2.57. The summed E-state index contributed by atoms with van der Waals surface area (Å²) in [6, 6.07) is 15.8. The predicted octanol–water partition coefficient (Wildman–Crippen LogP) is 7.42. The van der Waals surface area contributed by atoms with Crippen LogP contribution < -0.4 is 9.64 Å². The molecular weight excluding hydrogens is 661 g/mol. The molecule has 1 aliphatic heterocycles. The zero-order valence-corrected chi connectivity index (χ0v) is 26.9. The maximum absolute atomic E-state index is 14.4. The van der Waals surface area contributed by atoms with E-state index < -0.39 is 21.5 Å². The van der Waals surface area contributed by atoms with Crippen LogP contribution in [0.15, 0.2) is 54.6 Å². The van der Waals surface area contributed by atoms with Crippen LogP contribution in [0.5, 0.6) is 5.75 Å². The van der Waals surface area contributed by atoms with Crippen molar-refractivity contribution in [1.29, 1.82) is 0 Å². The maximum Gasteiger partial charge on any atom is 0.331 e. The molecule has 0 saturated heterocycles. The molecule has 0 aliphatic carbocycles. The largest absolute Gasteiger partial charge is 0.488 e. The molecule has 1 aliphatic rings. The minimum Gasteiger partial charge on any atom is -0.488 e. The first-order chi connectivity index (χ1) is 19.3. The molecule has 3 aromatic rings. The zero-order chi connectivity index (χ0) is 29.9. The van der Waals surface area contributed by atoms with Gasteiger partial charge in [-0.05, 0) is 76.2 Å². The number of rotatable bonds is 10. The van der Waals surface area contributed by atoms with Gasteiger partial charge in [-0.1, -0.05) is 37.3 Å². The molecule has 0 N–H and O–H groups in total. The third-order valence-corrected chi connectivity index (χ3v) is 8.90. The van der Waals surface area contributed by atoms with Crippen LogP contribution in [0, 0.1) is 0 Å². The van der Waals surface area contributed by atoms with E-state index in [1.165, 1.54) is 22.6 Å². The highest BCUT2D eigenvalue weighted by Crippen LogP contribution is 2.46. The number of likely N-dealkylation sites (N-methyl/N-ethyl adjacent to an activating group) is 1. The number of fused-ring (bicyclic) bond motifs is 1. The fraction of sp³-hybridized carbons (Fsp3) is 0.419. The van der Waals surface area contributed by atoms with Crippen LogP contribution in [-0.4, -0.2) is 48.6 Å². The summed E-state index contributed by atoms with van der Waals surface area (Å²) >= 11 is 2.22. The Morgan fingerprint density at radius 3 is 2.46 bits per heavy atom. The van der Waals surface area contributed by atoms with Crippen LogP contribution in [0.25, 0.3) is 11.1 Å². The number of ether oxygens (including phenoxy) is 2. The summed E-state index contributed by atoms with van der Waals surface area (Å²) < 4.78 is 37.3. The van der Waals surface area contributed by atoms with E-state index in [1.54, 1.807) is 37.8 Å². The Kier molecular flexibility index (Phi) is 9.75. The Balaban J connectivity index is 1.48. The lowest BCUT2D eigenvalue weighted by atomic mass is 10.1. The molecule has 1 aromatic heterocycles. The van der Waals surface area contributed by atoms with Gasteiger partial charge in [-0.25, -0.2) is 0 Å². The first-order valence-electron chi connectivity index (χ1n) is 13.5. The second-order valence-electron chi connectivity index (χ2n) is 11.0. The number of alkyl halides is 3. The Morgan fingerprint density at radius 1 is 1.12 bits per heavy atom. The molecule has 0 radical (unpaired) electrons. The van der Waals surface area contributed by atoms with Gasteiger partial charge < -0.3 is 14.4 Å². The van der Waals surface area contributed by atoms with Gasteiger partial charge in [0.1, 0.15) is 18.0 Å². The van der Waals surface area contributed by atoms with Crippen molar-refractivity contribution in [2.24, 2.45) is 0 Å². The van der Waals surface area contributed by atoms with E-state index in [0.717, 1.165) is 28.2 Å². The molecule has 0 fully saturated rings.